The van der Waals surface area contributed by atoms with Crippen LogP contribution < -0.4 is 26.6 Å². The van der Waals surface area contributed by atoms with Crippen molar-refractivity contribution in [1.82, 2.24) is 26.6 Å². The monoisotopic (exact) mass is 697 g/mol. The van der Waals surface area contributed by atoms with Gasteiger partial charge in [-0.2, -0.15) is 0 Å². The summed E-state index contributed by atoms with van der Waals surface area (Å²) >= 11 is 0. The normalized spacial score (nSPS) is 18.6. The van der Waals surface area contributed by atoms with E-state index in [9.17, 15) is 29.1 Å². The summed E-state index contributed by atoms with van der Waals surface area (Å²) in [6, 6.07) is -3.40. The first-order valence-electron chi connectivity index (χ1n) is 18.2. The van der Waals surface area contributed by atoms with Crippen LogP contribution >= 0.6 is 0 Å². The molecule has 1 saturated heterocycles. The Balaban J connectivity index is 3.13. The highest BCUT2D eigenvalue weighted by Crippen LogP contribution is 2.20. The maximum absolute atomic E-state index is 13.9. The van der Waals surface area contributed by atoms with E-state index in [1.165, 1.54) is 0 Å². The molecule has 284 valence electrons. The van der Waals surface area contributed by atoms with Crippen LogP contribution in [-0.4, -0.2) is 89.5 Å². The predicted octanol–water partition coefficient (Wildman–Crippen LogP) is 3.71. The van der Waals surface area contributed by atoms with Crippen LogP contribution in [-0.2, 0) is 28.7 Å². The lowest BCUT2D eigenvalue weighted by molar-refractivity contribution is -0.133. The minimum Gasteiger partial charge on any atom is -0.444 e. The molecule has 0 aromatic heterocycles. The Morgan fingerprint density at radius 1 is 0.755 bits per heavy atom. The van der Waals surface area contributed by atoms with Crippen molar-refractivity contribution in [1.29, 1.82) is 0 Å². The van der Waals surface area contributed by atoms with Gasteiger partial charge >= 0.3 is 6.09 Å². The summed E-state index contributed by atoms with van der Waals surface area (Å²) in [5.41, 5.74) is -0.755. The number of carbonyl (C=O) groups excluding carboxylic acids is 5. The van der Waals surface area contributed by atoms with Crippen molar-refractivity contribution in [3.05, 3.63) is 0 Å². The number of alkyl carbamates (subject to hydrolysis) is 1. The van der Waals surface area contributed by atoms with Crippen LogP contribution in [0.1, 0.15) is 128 Å². The molecule has 0 spiro atoms. The van der Waals surface area contributed by atoms with Crippen LogP contribution in [0.3, 0.4) is 0 Å². The van der Waals surface area contributed by atoms with E-state index in [-0.39, 0.29) is 48.6 Å². The van der Waals surface area contributed by atoms with E-state index in [4.69, 9.17) is 9.47 Å². The van der Waals surface area contributed by atoms with Gasteiger partial charge in [-0.05, 0) is 85.0 Å². The quantitative estimate of drug-likeness (QED) is 0.111. The Labute approximate surface area is 294 Å². The Morgan fingerprint density at radius 2 is 1.33 bits per heavy atom. The van der Waals surface area contributed by atoms with E-state index in [1.54, 1.807) is 27.7 Å². The van der Waals surface area contributed by atoms with E-state index >= 15 is 0 Å². The molecule has 1 fully saturated rings. The lowest BCUT2D eigenvalue weighted by Gasteiger charge is -2.31. The first kappa shape index (κ1) is 44.1. The second-order valence-corrected chi connectivity index (χ2v) is 15.7. The van der Waals surface area contributed by atoms with Crippen molar-refractivity contribution in [2.45, 2.75) is 176 Å². The van der Waals surface area contributed by atoms with Gasteiger partial charge in [0, 0.05) is 25.0 Å². The van der Waals surface area contributed by atoms with Gasteiger partial charge in [-0.3, -0.25) is 19.2 Å². The third-order valence-corrected chi connectivity index (χ3v) is 8.07. The van der Waals surface area contributed by atoms with E-state index in [0.29, 0.717) is 32.3 Å². The first-order chi connectivity index (χ1) is 22.7. The largest absolute Gasteiger partial charge is 0.444 e. The molecule has 0 aromatic rings. The van der Waals surface area contributed by atoms with Crippen LogP contribution in [0, 0.1) is 17.8 Å². The van der Waals surface area contributed by atoms with Crippen molar-refractivity contribution >= 4 is 29.7 Å². The maximum Gasteiger partial charge on any atom is 0.408 e. The van der Waals surface area contributed by atoms with E-state index in [2.05, 4.69) is 26.6 Å². The minimum absolute atomic E-state index is 0.0488. The second kappa shape index (κ2) is 21.3. The van der Waals surface area contributed by atoms with Gasteiger partial charge in [-0.1, -0.05) is 48.0 Å². The topological polar surface area (TPSA) is 184 Å². The summed E-state index contributed by atoms with van der Waals surface area (Å²) in [7, 11) is 0. The predicted molar refractivity (Wildman–Crippen MR) is 189 cm³/mol. The number of aliphatic hydroxyl groups is 1. The summed E-state index contributed by atoms with van der Waals surface area (Å²) in [5.74, 6) is -2.11. The molecule has 6 N–H and O–H groups in total. The molecule has 1 rings (SSSR count). The Bertz CT molecular complexity index is 1050. The van der Waals surface area contributed by atoms with E-state index < -0.39 is 59.7 Å². The van der Waals surface area contributed by atoms with Gasteiger partial charge in [0.15, 0.2) is 0 Å². The molecule has 0 saturated carbocycles. The van der Waals surface area contributed by atoms with Gasteiger partial charge in [-0.15, -0.1) is 0 Å². The minimum atomic E-state index is -1.08. The summed E-state index contributed by atoms with van der Waals surface area (Å²) in [6.45, 7) is 20.9. The SMILES string of the molecule is CCC[C@H](NC(=O)[C@H](C)C[C@H](O)[C@H](CC(C)C)NC(=O)[C@H](CC1CCCO1)NC(=O)[C@H](CC(C)C)NC(=O)OC(C)(C)C)C(=O)NC(C)C. The summed E-state index contributed by atoms with van der Waals surface area (Å²) in [4.78, 5) is 65.9. The highest BCUT2D eigenvalue weighted by atomic mass is 16.6. The molecule has 0 radical (unpaired) electrons. The second-order valence-electron chi connectivity index (χ2n) is 15.7. The number of ether oxygens (including phenoxy) is 2. The molecular formula is C36H67N5O8. The summed E-state index contributed by atoms with van der Waals surface area (Å²) in [6.07, 6.45) is 1.74. The molecular weight excluding hydrogens is 630 g/mol. The molecule has 0 aliphatic carbocycles. The number of nitrogens with one attached hydrogen (secondary N) is 5. The van der Waals surface area contributed by atoms with Gasteiger partial charge in [-0.25, -0.2) is 4.79 Å². The number of hydrogen-bond acceptors (Lipinski definition) is 8. The van der Waals surface area contributed by atoms with Crippen LogP contribution in [0.5, 0.6) is 0 Å². The first-order valence-corrected chi connectivity index (χ1v) is 18.2. The zero-order valence-corrected chi connectivity index (χ0v) is 31.9. The molecule has 0 bridgehead atoms. The number of hydrogen-bond donors (Lipinski definition) is 6. The van der Waals surface area contributed by atoms with Crippen molar-refractivity contribution < 1.29 is 38.6 Å². The van der Waals surface area contributed by atoms with Crippen LogP contribution in [0.15, 0.2) is 0 Å². The van der Waals surface area contributed by atoms with E-state index in [1.807, 2.05) is 48.5 Å². The van der Waals surface area contributed by atoms with Crippen LogP contribution in [0.2, 0.25) is 0 Å². The van der Waals surface area contributed by atoms with Gasteiger partial charge in [0.2, 0.25) is 23.6 Å². The van der Waals surface area contributed by atoms with Crippen molar-refractivity contribution in [2.24, 2.45) is 17.8 Å². The smallest absolute Gasteiger partial charge is 0.408 e. The zero-order chi connectivity index (χ0) is 37.5. The average Bonchev–Trinajstić information content (AvgIpc) is 3.47. The van der Waals surface area contributed by atoms with Crippen molar-refractivity contribution in [3.8, 4) is 0 Å². The van der Waals surface area contributed by atoms with Gasteiger partial charge in [0.25, 0.3) is 0 Å². The third kappa shape index (κ3) is 18.0. The van der Waals surface area contributed by atoms with Gasteiger partial charge < -0.3 is 41.2 Å². The van der Waals surface area contributed by atoms with Gasteiger partial charge in [0.1, 0.15) is 23.7 Å². The van der Waals surface area contributed by atoms with Crippen molar-refractivity contribution in [2.75, 3.05) is 6.61 Å². The molecule has 1 aliphatic rings. The fourth-order valence-corrected chi connectivity index (χ4v) is 5.74. The molecule has 1 heterocycles. The molecule has 49 heavy (non-hydrogen) atoms. The molecule has 5 amide bonds. The van der Waals surface area contributed by atoms with Crippen LogP contribution in [0.25, 0.3) is 0 Å². The van der Waals surface area contributed by atoms with Gasteiger partial charge in [0.05, 0.1) is 18.2 Å². The standard InChI is InChI=1S/C36H67N5O8/c1-12-14-26(32(44)37-23(6)7)38-31(43)24(8)19-30(42)27(17-21(2)3)39-34(46)29(20-25-15-13-16-48-25)40-33(45)28(18-22(4)5)41-35(47)49-36(9,10)11/h21-30,42H,12-20H2,1-11H3,(H,37,44)(H,38,43)(H,39,46)(H,40,45)(H,41,47)/t24-,25?,26+,27+,28+,29+,30+/m1/s1. The number of aliphatic hydroxyl groups excluding tert-OH is 1. The van der Waals surface area contributed by atoms with E-state index in [0.717, 1.165) is 12.8 Å². The summed E-state index contributed by atoms with van der Waals surface area (Å²) in [5, 5.41) is 25.5. The fraction of sp³-hybridized carbons (Fsp3) is 0.861. The third-order valence-electron chi connectivity index (χ3n) is 8.07. The van der Waals surface area contributed by atoms with Crippen LogP contribution in [0.4, 0.5) is 4.79 Å². The lowest BCUT2D eigenvalue weighted by Crippen LogP contribution is -2.57. The number of amides is 5. The van der Waals surface area contributed by atoms with Crippen molar-refractivity contribution in [3.63, 3.8) is 0 Å². The summed E-state index contributed by atoms with van der Waals surface area (Å²) < 4.78 is 11.2. The molecule has 1 unspecified atom stereocenters. The average molecular weight is 698 g/mol. The molecule has 13 nitrogen and oxygen atoms in total. The molecule has 13 heteroatoms. The highest BCUT2D eigenvalue weighted by Gasteiger charge is 2.34. The zero-order valence-electron chi connectivity index (χ0n) is 31.9. The Morgan fingerprint density at radius 3 is 1.84 bits per heavy atom. The molecule has 0 aromatic carbocycles. The molecule has 7 atom stereocenters. The number of carbonyl (C=O) groups is 5. The highest BCUT2D eigenvalue weighted by molar-refractivity contribution is 5.91. The Kier molecular flexibility index (Phi) is 19.2. The fourth-order valence-electron chi connectivity index (χ4n) is 5.74. The lowest BCUT2D eigenvalue weighted by atomic mass is 9.91. The Hall–Kier alpha value is -2.93. The molecule has 1 aliphatic heterocycles. The number of rotatable bonds is 20. The maximum atomic E-state index is 13.9.